The molecule has 0 aliphatic heterocycles. The number of nitrogens with one attached hydrogen (secondary N) is 1. The molecule has 1 atom stereocenters. The second-order valence-corrected chi connectivity index (χ2v) is 6.20. The van der Waals surface area contributed by atoms with Gasteiger partial charge in [0.05, 0.1) is 5.69 Å². The smallest absolute Gasteiger partial charge is 0.123 e. The summed E-state index contributed by atoms with van der Waals surface area (Å²) >= 11 is 5.28. The lowest BCUT2D eigenvalue weighted by molar-refractivity contribution is 0.603. The van der Waals surface area contributed by atoms with Crippen molar-refractivity contribution < 1.29 is 0 Å². The Bertz CT molecular complexity index is 536. The number of aromatic nitrogens is 1. The molecule has 1 unspecified atom stereocenters. The van der Waals surface area contributed by atoms with E-state index in [1.807, 2.05) is 12.1 Å². The Morgan fingerprint density at radius 2 is 2.22 bits per heavy atom. The lowest BCUT2D eigenvalue weighted by Gasteiger charge is -2.09. The Balaban J connectivity index is 2.34. The minimum atomic E-state index is 0.369. The van der Waals surface area contributed by atoms with Crippen LogP contribution in [0.25, 0.3) is 10.6 Å². The molecule has 0 fully saturated rings. The highest BCUT2D eigenvalue weighted by Crippen LogP contribution is 2.32. The van der Waals surface area contributed by atoms with Gasteiger partial charge in [-0.3, -0.25) is 0 Å². The zero-order valence-electron chi connectivity index (χ0n) is 10.8. The summed E-state index contributed by atoms with van der Waals surface area (Å²) in [6, 6.07) is 8.66. The number of thiazole rings is 1. The van der Waals surface area contributed by atoms with E-state index in [0.717, 1.165) is 21.7 Å². The van der Waals surface area contributed by atoms with E-state index in [2.05, 4.69) is 59.1 Å². The molecule has 1 aromatic carbocycles. The summed E-state index contributed by atoms with van der Waals surface area (Å²) in [6.07, 6.45) is 0. The zero-order chi connectivity index (χ0) is 13.1. The van der Waals surface area contributed by atoms with Crippen molar-refractivity contribution in [1.82, 2.24) is 10.3 Å². The molecule has 2 aromatic rings. The number of aryl methyl sites for hydroxylation is 1. The van der Waals surface area contributed by atoms with E-state index in [1.165, 1.54) is 10.4 Å². The van der Waals surface area contributed by atoms with Crippen LogP contribution in [0.1, 0.15) is 30.5 Å². The summed E-state index contributed by atoms with van der Waals surface area (Å²) < 4.78 is 1.09. The van der Waals surface area contributed by atoms with Gasteiger partial charge in [0, 0.05) is 21.0 Å². The van der Waals surface area contributed by atoms with Gasteiger partial charge in [0.1, 0.15) is 5.01 Å². The van der Waals surface area contributed by atoms with Gasteiger partial charge in [0.2, 0.25) is 0 Å². The van der Waals surface area contributed by atoms with Crippen molar-refractivity contribution in [3.05, 3.63) is 39.3 Å². The van der Waals surface area contributed by atoms with Gasteiger partial charge in [0.25, 0.3) is 0 Å². The molecular formula is C14H17BrN2S. The Hall–Kier alpha value is -0.710. The first-order chi connectivity index (χ1) is 8.61. The highest BCUT2D eigenvalue weighted by molar-refractivity contribution is 9.10. The minimum absolute atomic E-state index is 0.369. The number of hydrogen-bond donors (Lipinski definition) is 1. The fourth-order valence-electron chi connectivity index (χ4n) is 1.95. The molecule has 96 valence electrons. The monoisotopic (exact) mass is 324 g/mol. The zero-order valence-corrected chi connectivity index (χ0v) is 13.2. The first kappa shape index (κ1) is 13.7. The first-order valence-electron chi connectivity index (χ1n) is 6.08. The Morgan fingerprint density at radius 3 is 2.89 bits per heavy atom. The molecule has 0 saturated carbocycles. The quantitative estimate of drug-likeness (QED) is 0.892. The molecule has 1 heterocycles. The third-order valence-corrected chi connectivity index (χ3v) is 4.69. The van der Waals surface area contributed by atoms with E-state index in [9.17, 15) is 0 Å². The third-order valence-electron chi connectivity index (χ3n) is 2.81. The lowest BCUT2D eigenvalue weighted by atomic mass is 10.2. The first-order valence-corrected chi connectivity index (χ1v) is 7.69. The van der Waals surface area contributed by atoms with E-state index >= 15 is 0 Å². The maximum atomic E-state index is 4.68. The highest BCUT2D eigenvalue weighted by atomic mass is 79.9. The molecule has 1 aromatic heterocycles. The summed E-state index contributed by atoms with van der Waals surface area (Å²) in [4.78, 5) is 6.01. The topological polar surface area (TPSA) is 24.9 Å². The average Bonchev–Trinajstić information content (AvgIpc) is 2.72. The third kappa shape index (κ3) is 2.99. The van der Waals surface area contributed by atoms with Crippen LogP contribution in [0.4, 0.5) is 0 Å². The van der Waals surface area contributed by atoms with Crippen LogP contribution in [0.2, 0.25) is 0 Å². The van der Waals surface area contributed by atoms with Crippen molar-refractivity contribution in [2.24, 2.45) is 0 Å². The molecular weight excluding hydrogens is 308 g/mol. The van der Waals surface area contributed by atoms with Gasteiger partial charge < -0.3 is 5.32 Å². The van der Waals surface area contributed by atoms with Crippen LogP contribution in [0.5, 0.6) is 0 Å². The molecule has 2 rings (SSSR count). The maximum Gasteiger partial charge on any atom is 0.123 e. The van der Waals surface area contributed by atoms with E-state index in [0.29, 0.717) is 6.04 Å². The second kappa shape index (κ2) is 5.95. The van der Waals surface area contributed by atoms with Crippen molar-refractivity contribution in [3.63, 3.8) is 0 Å². The van der Waals surface area contributed by atoms with E-state index < -0.39 is 0 Å². The van der Waals surface area contributed by atoms with Gasteiger partial charge in [-0.05, 0) is 32.5 Å². The predicted molar refractivity (Wildman–Crippen MR) is 82.1 cm³/mol. The number of nitrogens with zero attached hydrogens (tertiary/aromatic N) is 1. The van der Waals surface area contributed by atoms with Crippen molar-refractivity contribution >= 4 is 27.3 Å². The molecule has 1 N–H and O–H groups in total. The SMILES string of the molecule is CCNC(C)c1sc(-c2cccc(Br)c2)nc1C. The summed E-state index contributed by atoms with van der Waals surface area (Å²) in [5.74, 6) is 0. The average molecular weight is 325 g/mol. The van der Waals surface area contributed by atoms with E-state index in [4.69, 9.17) is 0 Å². The van der Waals surface area contributed by atoms with Crippen molar-refractivity contribution in [1.29, 1.82) is 0 Å². The highest BCUT2D eigenvalue weighted by Gasteiger charge is 2.14. The molecule has 0 aliphatic rings. The van der Waals surface area contributed by atoms with Gasteiger partial charge in [-0.25, -0.2) is 4.98 Å². The molecule has 4 heteroatoms. The minimum Gasteiger partial charge on any atom is -0.310 e. The Labute approximate surface area is 121 Å². The van der Waals surface area contributed by atoms with Crippen LogP contribution in [0.15, 0.2) is 28.7 Å². The number of rotatable bonds is 4. The number of halogens is 1. The normalized spacial score (nSPS) is 12.7. The van der Waals surface area contributed by atoms with Crippen LogP contribution in [0.3, 0.4) is 0 Å². The van der Waals surface area contributed by atoms with Crippen molar-refractivity contribution in [2.45, 2.75) is 26.8 Å². The van der Waals surface area contributed by atoms with E-state index in [-0.39, 0.29) is 0 Å². The number of benzene rings is 1. The molecule has 0 spiro atoms. The molecule has 0 bridgehead atoms. The molecule has 0 saturated heterocycles. The van der Waals surface area contributed by atoms with Gasteiger partial charge in [-0.2, -0.15) is 0 Å². The maximum absolute atomic E-state index is 4.68. The van der Waals surface area contributed by atoms with Crippen LogP contribution in [-0.2, 0) is 0 Å². The largest absolute Gasteiger partial charge is 0.310 e. The predicted octanol–water partition coefficient (Wildman–Crippen LogP) is 4.55. The molecule has 0 amide bonds. The van der Waals surface area contributed by atoms with Crippen molar-refractivity contribution in [2.75, 3.05) is 6.54 Å². The molecule has 18 heavy (non-hydrogen) atoms. The van der Waals surface area contributed by atoms with Gasteiger partial charge in [-0.1, -0.05) is 35.0 Å². The van der Waals surface area contributed by atoms with Crippen molar-refractivity contribution in [3.8, 4) is 10.6 Å². The number of hydrogen-bond acceptors (Lipinski definition) is 3. The fraction of sp³-hybridized carbons (Fsp3) is 0.357. The van der Waals surface area contributed by atoms with Crippen LogP contribution < -0.4 is 5.32 Å². The summed E-state index contributed by atoms with van der Waals surface area (Å²) in [5.41, 5.74) is 2.30. The van der Waals surface area contributed by atoms with Gasteiger partial charge >= 0.3 is 0 Å². The molecule has 0 radical (unpaired) electrons. The van der Waals surface area contributed by atoms with Crippen LogP contribution >= 0.6 is 27.3 Å². The molecule has 0 aliphatic carbocycles. The fourth-order valence-corrected chi connectivity index (χ4v) is 3.44. The second-order valence-electron chi connectivity index (χ2n) is 4.26. The summed E-state index contributed by atoms with van der Waals surface area (Å²) in [5, 5.41) is 4.53. The van der Waals surface area contributed by atoms with E-state index in [1.54, 1.807) is 11.3 Å². The molecule has 2 nitrogen and oxygen atoms in total. The summed E-state index contributed by atoms with van der Waals surface area (Å²) in [6.45, 7) is 7.38. The Morgan fingerprint density at radius 1 is 1.44 bits per heavy atom. The van der Waals surface area contributed by atoms with Gasteiger partial charge in [0.15, 0.2) is 0 Å². The van der Waals surface area contributed by atoms with Crippen LogP contribution in [0, 0.1) is 6.92 Å². The lowest BCUT2D eigenvalue weighted by Crippen LogP contribution is -2.17. The standard InChI is InChI=1S/C14H17BrN2S/c1-4-16-9(2)13-10(3)17-14(18-13)11-6-5-7-12(15)8-11/h5-9,16H,4H2,1-3H3. The summed E-state index contributed by atoms with van der Waals surface area (Å²) in [7, 11) is 0. The van der Waals surface area contributed by atoms with Gasteiger partial charge in [-0.15, -0.1) is 11.3 Å². The Kier molecular flexibility index (Phi) is 4.54. The van der Waals surface area contributed by atoms with Crippen LogP contribution in [-0.4, -0.2) is 11.5 Å².